The number of hydrogen-bond donors (Lipinski definition) is 3. The van der Waals surface area contributed by atoms with Gasteiger partial charge in [0.05, 0.1) is 6.42 Å². The zero-order valence-electron chi connectivity index (χ0n) is 20.6. The van der Waals surface area contributed by atoms with Crippen LogP contribution in [0.2, 0.25) is 0 Å². The SMILES string of the molecule is CC(C)(C)CC(CC(=O)O)NC(=O)C1(NC(=O)OCC2c3ccccc3-c3ccccc32)CCC1. The number of benzene rings is 2. The molecule has 35 heavy (non-hydrogen) atoms. The van der Waals surface area contributed by atoms with Crippen LogP contribution in [0.1, 0.15) is 69.9 Å². The molecule has 0 heterocycles. The average molecular weight is 479 g/mol. The molecule has 3 N–H and O–H groups in total. The second-order valence-electron chi connectivity index (χ2n) is 10.9. The van der Waals surface area contributed by atoms with Crippen molar-refractivity contribution < 1.29 is 24.2 Å². The van der Waals surface area contributed by atoms with E-state index in [4.69, 9.17) is 4.74 Å². The zero-order chi connectivity index (χ0) is 25.2. The number of nitrogens with one attached hydrogen (secondary N) is 2. The van der Waals surface area contributed by atoms with E-state index in [1.807, 2.05) is 45.0 Å². The van der Waals surface area contributed by atoms with Gasteiger partial charge in [-0.15, -0.1) is 0 Å². The summed E-state index contributed by atoms with van der Waals surface area (Å²) in [6, 6.07) is 15.7. The Labute approximate surface area is 206 Å². The summed E-state index contributed by atoms with van der Waals surface area (Å²) in [5, 5.41) is 15.0. The topological polar surface area (TPSA) is 105 Å². The standard InChI is InChI=1S/C28H34N2O5/c1-27(2,3)16-18(15-24(31)32)29-25(33)28(13-8-14-28)30-26(34)35-17-23-21-11-6-4-9-19(21)20-10-5-7-12-22(20)23/h4-7,9-12,18,23H,8,13-17H2,1-3H3,(H,29,33)(H,30,34)(H,31,32). The van der Waals surface area contributed by atoms with Gasteiger partial charge in [0.15, 0.2) is 0 Å². The Morgan fingerprint density at radius 1 is 1.03 bits per heavy atom. The molecule has 1 saturated carbocycles. The molecule has 0 aliphatic heterocycles. The fourth-order valence-electron chi connectivity index (χ4n) is 5.22. The van der Waals surface area contributed by atoms with Crippen molar-refractivity contribution in [2.75, 3.05) is 6.61 Å². The number of carboxylic acids is 1. The van der Waals surface area contributed by atoms with Crippen molar-refractivity contribution in [1.82, 2.24) is 10.6 Å². The lowest BCUT2D eigenvalue weighted by Gasteiger charge is -2.41. The fourth-order valence-corrected chi connectivity index (χ4v) is 5.22. The van der Waals surface area contributed by atoms with Gasteiger partial charge in [0.1, 0.15) is 12.1 Å². The van der Waals surface area contributed by atoms with Gasteiger partial charge in [0, 0.05) is 12.0 Å². The minimum absolute atomic E-state index is 0.0638. The molecule has 1 fully saturated rings. The van der Waals surface area contributed by atoms with Crippen molar-refractivity contribution in [3.8, 4) is 11.1 Å². The number of carboxylic acid groups (broad SMARTS) is 1. The highest BCUT2D eigenvalue weighted by atomic mass is 16.5. The highest BCUT2D eigenvalue weighted by molar-refractivity contribution is 5.91. The Morgan fingerprint density at radius 3 is 2.09 bits per heavy atom. The summed E-state index contributed by atoms with van der Waals surface area (Å²) in [5.74, 6) is -1.37. The number of amides is 2. The van der Waals surface area contributed by atoms with Crippen LogP contribution in [-0.2, 0) is 14.3 Å². The predicted octanol–water partition coefficient (Wildman–Crippen LogP) is 4.84. The molecule has 0 spiro atoms. The first kappa shape index (κ1) is 24.8. The summed E-state index contributed by atoms with van der Waals surface area (Å²) < 4.78 is 5.65. The molecule has 4 rings (SSSR count). The maximum atomic E-state index is 13.2. The second-order valence-corrected chi connectivity index (χ2v) is 10.9. The molecule has 7 heteroatoms. The van der Waals surface area contributed by atoms with Crippen LogP contribution in [0, 0.1) is 5.41 Å². The Balaban J connectivity index is 1.41. The first-order chi connectivity index (χ1) is 16.6. The number of aliphatic carboxylic acids is 1. The van der Waals surface area contributed by atoms with E-state index in [2.05, 4.69) is 34.9 Å². The van der Waals surface area contributed by atoms with Gasteiger partial charge in [-0.3, -0.25) is 9.59 Å². The third-order valence-electron chi connectivity index (χ3n) is 6.94. The first-order valence-electron chi connectivity index (χ1n) is 12.2. The van der Waals surface area contributed by atoms with Gasteiger partial charge in [-0.25, -0.2) is 4.79 Å². The van der Waals surface area contributed by atoms with E-state index in [1.54, 1.807) is 0 Å². The molecular formula is C28H34N2O5. The predicted molar refractivity (Wildman–Crippen MR) is 133 cm³/mol. The van der Waals surface area contributed by atoms with Crippen molar-refractivity contribution >= 4 is 18.0 Å². The molecule has 2 amide bonds. The lowest BCUT2D eigenvalue weighted by atomic mass is 9.75. The van der Waals surface area contributed by atoms with Crippen LogP contribution in [0.5, 0.6) is 0 Å². The van der Waals surface area contributed by atoms with E-state index >= 15 is 0 Å². The fraction of sp³-hybridized carbons (Fsp3) is 0.464. The smallest absolute Gasteiger partial charge is 0.408 e. The third kappa shape index (κ3) is 5.50. The van der Waals surface area contributed by atoms with Crippen molar-refractivity contribution in [2.45, 2.75) is 70.4 Å². The maximum absolute atomic E-state index is 13.2. The Bertz CT molecular complexity index is 1070. The van der Waals surface area contributed by atoms with Gasteiger partial charge < -0.3 is 20.5 Å². The number of alkyl carbamates (subject to hydrolysis) is 1. The Kier molecular flexibility index (Phi) is 6.88. The van der Waals surface area contributed by atoms with E-state index in [0.717, 1.165) is 28.7 Å². The molecule has 2 aromatic rings. The van der Waals surface area contributed by atoms with Crippen LogP contribution < -0.4 is 10.6 Å². The van der Waals surface area contributed by atoms with Crippen molar-refractivity contribution in [2.24, 2.45) is 5.41 Å². The lowest BCUT2D eigenvalue weighted by molar-refractivity contribution is -0.138. The van der Waals surface area contributed by atoms with E-state index in [9.17, 15) is 19.5 Å². The number of ether oxygens (including phenoxy) is 1. The molecule has 0 aromatic heterocycles. The van der Waals surface area contributed by atoms with Gasteiger partial charge in [-0.2, -0.15) is 0 Å². The van der Waals surface area contributed by atoms with E-state index in [0.29, 0.717) is 19.3 Å². The quantitative estimate of drug-likeness (QED) is 0.503. The van der Waals surface area contributed by atoms with E-state index in [-0.39, 0.29) is 30.3 Å². The van der Waals surface area contributed by atoms with Gasteiger partial charge in [-0.05, 0) is 53.4 Å². The summed E-state index contributed by atoms with van der Waals surface area (Å²) in [7, 11) is 0. The van der Waals surface area contributed by atoms with Gasteiger partial charge in [0.2, 0.25) is 5.91 Å². The molecule has 7 nitrogen and oxygen atoms in total. The minimum atomic E-state index is -1.06. The van der Waals surface area contributed by atoms with Gasteiger partial charge >= 0.3 is 12.1 Å². The molecule has 0 radical (unpaired) electrons. The second kappa shape index (κ2) is 9.72. The summed E-state index contributed by atoms with van der Waals surface area (Å²) in [5.41, 5.74) is 3.33. The van der Waals surface area contributed by atoms with Crippen molar-refractivity contribution in [3.63, 3.8) is 0 Å². The molecule has 0 saturated heterocycles. The van der Waals surface area contributed by atoms with Crippen LogP contribution in [0.3, 0.4) is 0 Å². The Morgan fingerprint density at radius 2 is 1.60 bits per heavy atom. The lowest BCUT2D eigenvalue weighted by Crippen LogP contribution is -2.64. The molecule has 1 unspecified atom stereocenters. The van der Waals surface area contributed by atoms with Crippen molar-refractivity contribution in [1.29, 1.82) is 0 Å². The third-order valence-corrected chi connectivity index (χ3v) is 6.94. The summed E-state index contributed by atoms with van der Waals surface area (Å²) in [4.78, 5) is 37.3. The number of hydrogen-bond acceptors (Lipinski definition) is 4. The van der Waals surface area contributed by atoms with Crippen LogP contribution in [0.25, 0.3) is 11.1 Å². The van der Waals surface area contributed by atoms with Gasteiger partial charge in [-0.1, -0.05) is 69.3 Å². The summed E-state index contributed by atoms with van der Waals surface area (Å²) in [6.45, 7) is 6.18. The zero-order valence-corrected chi connectivity index (χ0v) is 20.6. The molecule has 1 atom stereocenters. The van der Waals surface area contributed by atoms with Crippen LogP contribution in [0.15, 0.2) is 48.5 Å². The minimum Gasteiger partial charge on any atom is -0.481 e. The van der Waals surface area contributed by atoms with Gasteiger partial charge in [0.25, 0.3) is 0 Å². The number of fused-ring (bicyclic) bond motifs is 3. The van der Waals surface area contributed by atoms with E-state index < -0.39 is 23.6 Å². The molecule has 0 bridgehead atoms. The number of rotatable bonds is 8. The van der Waals surface area contributed by atoms with Crippen LogP contribution >= 0.6 is 0 Å². The van der Waals surface area contributed by atoms with Crippen molar-refractivity contribution in [3.05, 3.63) is 59.7 Å². The highest BCUT2D eigenvalue weighted by Gasteiger charge is 2.47. The van der Waals surface area contributed by atoms with Crippen LogP contribution in [-0.4, -0.2) is 41.3 Å². The monoisotopic (exact) mass is 478 g/mol. The highest BCUT2D eigenvalue weighted by Crippen LogP contribution is 2.44. The number of carbonyl (C=O) groups is 3. The molecule has 2 aliphatic carbocycles. The molecule has 2 aromatic carbocycles. The first-order valence-corrected chi connectivity index (χ1v) is 12.2. The molecular weight excluding hydrogens is 444 g/mol. The summed E-state index contributed by atoms with van der Waals surface area (Å²) >= 11 is 0. The molecule has 2 aliphatic rings. The number of carbonyl (C=O) groups excluding carboxylic acids is 2. The molecule has 186 valence electrons. The largest absolute Gasteiger partial charge is 0.481 e. The van der Waals surface area contributed by atoms with Crippen LogP contribution in [0.4, 0.5) is 4.79 Å². The summed E-state index contributed by atoms with van der Waals surface area (Å²) in [6.07, 6.45) is 1.53. The average Bonchev–Trinajstić information content (AvgIpc) is 3.07. The van der Waals surface area contributed by atoms with E-state index in [1.165, 1.54) is 0 Å². The maximum Gasteiger partial charge on any atom is 0.408 e. The Hall–Kier alpha value is -3.35. The normalized spacial score (nSPS) is 16.9.